The predicted molar refractivity (Wildman–Crippen MR) is 88.1 cm³/mol. The monoisotopic (exact) mass is 316 g/mol. The molecule has 3 heterocycles. The molecule has 7 heteroatoms. The average molecular weight is 316 g/mol. The Hall–Kier alpha value is -2.31. The van der Waals surface area contributed by atoms with Crippen LogP contribution in [0.3, 0.4) is 0 Å². The van der Waals surface area contributed by atoms with Crippen molar-refractivity contribution in [3.8, 4) is 0 Å². The van der Waals surface area contributed by atoms with Gasteiger partial charge in [0.1, 0.15) is 0 Å². The lowest BCUT2D eigenvalue weighted by Gasteiger charge is -2.33. The van der Waals surface area contributed by atoms with Gasteiger partial charge in [0, 0.05) is 52.0 Å². The van der Waals surface area contributed by atoms with Crippen molar-refractivity contribution >= 4 is 11.6 Å². The highest BCUT2D eigenvalue weighted by atomic mass is 16.1. The summed E-state index contributed by atoms with van der Waals surface area (Å²) < 4.78 is 3.57. The summed E-state index contributed by atoms with van der Waals surface area (Å²) in [4.78, 5) is 14.5. The van der Waals surface area contributed by atoms with Crippen LogP contribution in [0.25, 0.3) is 0 Å². The Morgan fingerprint density at radius 1 is 1.26 bits per heavy atom. The highest BCUT2D eigenvalue weighted by Gasteiger charge is 2.22. The molecule has 0 unspecified atom stereocenters. The molecule has 0 aromatic carbocycles. The van der Waals surface area contributed by atoms with Gasteiger partial charge in [0.05, 0.1) is 18.1 Å². The van der Waals surface area contributed by atoms with Crippen LogP contribution in [0.1, 0.15) is 24.8 Å². The summed E-state index contributed by atoms with van der Waals surface area (Å²) in [7, 11) is 3.81. The van der Waals surface area contributed by atoms with E-state index in [1.807, 2.05) is 43.6 Å². The molecule has 1 aliphatic heterocycles. The molecule has 0 aliphatic carbocycles. The van der Waals surface area contributed by atoms with Crippen molar-refractivity contribution in [1.82, 2.24) is 24.9 Å². The Kier molecular flexibility index (Phi) is 4.64. The van der Waals surface area contributed by atoms with E-state index in [-0.39, 0.29) is 11.9 Å². The van der Waals surface area contributed by atoms with Crippen LogP contribution < -0.4 is 10.2 Å². The quantitative estimate of drug-likeness (QED) is 0.889. The first-order valence-electron chi connectivity index (χ1n) is 8.10. The fraction of sp³-hybridized carbons (Fsp3) is 0.562. The fourth-order valence-electron chi connectivity index (χ4n) is 3.06. The SMILES string of the molecule is Cn1cc(CCC(=O)N[C@H]2CCCN(c3cnn(C)c3)C2)cn1. The largest absolute Gasteiger partial charge is 0.367 e. The van der Waals surface area contributed by atoms with E-state index in [9.17, 15) is 4.79 Å². The van der Waals surface area contributed by atoms with Gasteiger partial charge in [-0.25, -0.2) is 0 Å². The Labute approximate surface area is 136 Å². The molecule has 1 amide bonds. The molecule has 1 N–H and O–H groups in total. The second-order valence-corrected chi connectivity index (χ2v) is 6.25. The minimum absolute atomic E-state index is 0.117. The molecule has 2 aromatic rings. The predicted octanol–water partition coefficient (Wildman–Crippen LogP) is 0.871. The van der Waals surface area contributed by atoms with Crippen molar-refractivity contribution in [3.63, 3.8) is 0 Å². The molecule has 1 atom stereocenters. The topological polar surface area (TPSA) is 68.0 Å². The van der Waals surface area contributed by atoms with Crippen LogP contribution in [0.15, 0.2) is 24.8 Å². The molecule has 3 rings (SSSR count). The number of hydrogen-bond acceptors (Lipinski definition) is 4. The van der Waals surface area contributed by atoms with Crippen molar-refractivity contribution in [2.75, 3.05) is 18.0 Å². The third-order valence-corrected chi connectivity index (χ3v) is 4.24. The number of amides is 1. The molecule has 1 saturated heterocycles. The van der Waals surface area contributed by atoms with Crippen molar-refractivity contribution < 1.29 is 4.79 Å². The van der Waals surface area contributed by atoms with Crippen LogP contribution in [-0.4, -0.2) is 44.6 Å². The van der Waals surface area contributed by atoms with Gasteiger partial charge in [0.15, 0.2) is 0 Å². The summed E-state index contributed by atoms with van der Waals surface area (Å²) in [6, 6.07) is 0.213. The molecule has 0 saturated carbocycles. The maximum Gasteiger partial charge on any atom is 0.220 e. The molecule has 0 bridgehead atoms. The number of carbonyl (C=O) groups excluding carboxylic acids is 1. The fourth-order valence-corrected chi connectivity index (χ4v) is 3.06. The Balaban J connectivity index is 1.48. The van der Waals surface area contributed by atoms with Crippen molar-refractivity contribution in [1.29, 1.82) is 0 Å². The second kappa shape index (κ2) is 6.85. The first-order valence-corrected chi connectivity index (χ1v) is 8.10. The number of hydrogen-bond donors (Lipinski definition) is 1. The van der Waals surface area contributed by atoms with Gasteiger partial charge in [0.25, 0.3) is 0 Å². The third kappa shape index (κ3) is 4.12. The number of carbonyl (C=O) groups is 1. The number of nitrogens with zero attached hydrogens (tertiary/aromatic N) is 5. The zero-order valence-electron chi connectivity index (χ0n) is 13.8. The van der Waals surface area contributed by atoms with Crippen molar-refractivity contribution in [3.05, 3.63) is 30.4 Å². The lowest BCUT2D eigenvalue weighted by molar-refractivity contribution is -0.121. The van der Waals surface area contributed by atoms with E-state index in [4.69, 9.17) is 0 Å². The number of aromatic nitrogens is 4. The van der Waals surface area contributed by atoms with Crippen LogP contribution in [0.2, 0.25) is 0 Å². The minimum Gasteiger partial charge on any atom is -0.367 e. The maximum atomic E-state index is 12.2. The maximum absolute atomic E-state index is 12.2. The van der Waals surface area contributed by atoms with Gasteiger partial charge in [-0.3, -0.25) is 14.2 Å². The number of aryl methyl sites for hydroxylation is 3. The van der Waals surface area contributed by atoms with E-state index in [0.717, 1.165) is 43.6 Å². The first kappa shape index (κ1) is 15.6. The minimum atomic E-state index is 0.117. The van der Waals surface area contributed by atoms with Crippen molar-refractivity contribution in [2.45, 2.75) is 31.7 Å². The van der Waals surface area contributed by atoms with Crippen LogP contribution in [-0.2, 0) is 25.3 Å². The van der Waals surface area contributed by atoms with E-state index in [1.54, 1.807) is 4.68 Å². The van der Waals surface area contributed by atoms with Crippen LogP contribution >= 0.6 is 0 Å². The normalized spacial score (nSPS) is 18.2. The highest BCUT2D eigenvalue weighted by molar-refractivity contribution is 5.76. The van der Waals surface area contributed by atoms with Gasteiger partial charge in [-0.15, -0.1) is 0 Å². The van der Waals surface area contributed by atoms with Gasteiger partial charge in [-0.2, -0.15) is 10.2 Å². The van der Waals surface area contributed by atoms with E-state index >= 15 is 0 Å². The summed E-state index contributed by atoms with van der Waals surface area (Å²) >= 11 is 0. The summed E-state index contributed by atoms with van der Waals surface area (Å²) in [6.07, 6.45) is 11.0. The summed E-state index contributed by atoms with van der Waals surface area (Å²) in [6.45, 7) is 1.87. The van der Waals surface area contributed by atoms with Crippen LogP contribution in [0, 0.1) is 0 Å². The van der Waals surface area contributed by atoms with Gasteiger partial charge < -0.3 is 10.2 Å². The number of anilines is 1. The van der Waals surface area contributed by atoms with Crippen LogP contribution in [0.5, 0.6) is 0 Å². The van der Waals surface area contributed by atoms with Gasteiger partial charge in [-0.05, 0) is 24.8 Å². The average Bonchev–Trinajstić information content (AvgIpc) is 3.14. The molecule has 124 valence electrons. The molecule has 1 aliphatic rings. The van der Waals surface area contributed by atoms with E-state index in [2.05, 4.69) is 20.4 Å². The standard InChI is InChI=1S/C16H24N6O/c1-20-10-13(8-17-20)5-6-16(23)19-14-4-3-7-22(11-14)15-9-18-21(2)12-15/h8-10,12,14H,3-7,11H2,1-2H3,(H,19,23)/t14-/m0/s1. The number of rotatable bonds is 5. The Bertz CT molecular complexity index is 661. The molecule has 2 aromatic heterocycles. The molecule has 7 nitrogen and oxygen atoms in total. The van der Waals surface area contributed by atoms with E-state index in [1.165, 1.54) is 0 Å². The highest BCUT2D eigenvalue weighted by Crippen LogP contribution is 2.19. The third-order valence-electron chi connectivity index (χ3n) is 4.24. The lowest BCUT2D eigenvalue weighted by atomic mass is 10.0. The van der Waals surface area contributed by atoms with E-state index < -0.39 is 0 Å². The number of nitrogens with one attached hydrogen (secondary N) is 1. The summed E-state index contributed by atoms with van der Waals surface area (Å²) in [5.74, 6) is 0.117. The zero-order chi connectivity index (χ0) is 16.2. The molecular formula is C16H24N6O. The zero-order valence-corrected chi connectivity index (χ0v) is 13.8. The smallest absolute Gasteiger partial charge is 0.220 e. The second-order valence-electron chi connectivity index (χ2n) is 6.25. The molecule has 0 radical (unpaired) electrons. The Morgan fingerprint density at radius 3 is 2.74 bits per heavy atom. The molecule has 23 heavy (non-hydrogen) atoms. The van der Waals surface area contributed by atoms with Crippen molar-refractivity contribution in [2.24, 2.45) is 14.1 Å². The summed E-state index contributed by atoms with van der Waals surface area (Å²) in [5.41, 5.74) is 2.23. The summed E-state index contributed by atoms with van der Waals surface area (Å²) in [5, 5.41) is 11.5. The first-order chi connectivity index (χ1) is 11.1. The van der Waals surface area contributed by atoms with Gasteiger partial charge in [-0.1, -0.05) is 0 Å². The van der Waals surface area contributed by atoms with Crippen LogP contribution in [0.4, 0.5) is 5.69 Å². The lowest BCUT2D eigenvalue weighted by Crippen LogP contribution is -2.47. The van der Waals surface area contributed by atoms with Gasteiger partial charge in [0.2, 0.25) is 5.91 Å². The Morgan fingerprint density at radius 2 is 2.04 bits per heavy atom. The molecular weight excluding hydrogens is 292 g/mol. The van der Waals surface area contributed by atoms with E-state index in [0.29, 0.717) is 6.42 Å². The van der Waals surface area contributed by atoms with Gasteiger partial charge >= 0.3 is 0 Å². The molecule has 1 fully saturated rings. The number of piperidine rings is 1. The molecule has 0 spiro atoms.